The van der Waals surface area contributed by atoms with Gasteiger partial charge in [-0.15, -0.1) is 0 Å². The normalized spacial score (nSPS) is 13.8. The topological polar surface area (TPSA) is 66.9 Å². The highest BCUT2D eigenvalue weighted by Gasteiger charge is 2.23. The first-order valence-electron chi connectivity index (χ1n) is 11.3. The number of thioether (sulfide) groups is 1. The number of aryl methyl sites for hydroxylation is 2. The third kappa shape index (κ3) is 4.17. The molecule has 0 saturated heterocycles. The van der Waals surface area contributed by atoms with E-state index in [1.54, 1.807) is 11.8 Å². The molecule has 0 aliphatic carbocycles. The van der Waals surface area contributed by atoms with Crippen molar-refractivity contribution < 1.29 is 4.74 Å². The summed E-state index contributed by atoms with van der Waals surface area (Å²) in [4.78, 5) is 19.9. The quantitative estimate of drug-likeness (QED) is 0.304. The number of ether oxygens (including phenoxy) is 1. The fourth-order valence-electron chi connectivity index (χ4n) is 4.62. The van der Waals surface area contributed by atoms with Crippen LogP contribution in [-0.2, 0) is 6.54 Å². The zero-order valence-corrected chi connectivity index (χ0v) is 20.6. The summed E-state index contributed by atoms with van der Waals surface area (Å²) in [6.07, 6.45) is 2.03. The van der Waals surface area contributed by atoms with Gasteiger partial charge in [0.2, 0.25) is 0 Å². The third-order valence-corrected chi connectivity index (χ3v) is 6.68. The second-order valence-corrected chi connectivity index (χ2v) is 9.61. The van der Waals surface area contributed by atoms with Gasteiger partial charge in [-0.3, -0.25) is 0 Å². The molecule has 0 unspecified atom stereocenters. The molecule has 0 radical (unpaired) electrons. The molecule has 3 heterocycles. The van der Waals surface area contributed by atoms with Crippen LogP contribution in [0, 0.1) is 13.8 Å². The molecule has 5 rings (SSSR count). The molecular weight excluding hydrogens is 430 g/mol. The molecule has 0 saturated carbocycles. The molecule has 6 nitrogen and oxygen atoms in total. The molecule has 33 heavy (non-hydrogen) atoms. The maximum atomic E-state index is 6.14. The van der Waals surface area contributed by atoms with Crippen molar-refractivity contribution >= 4 is 28.6 Å². The number of rotatable bonds is 4. The maximum absolute atomic E-state index is 6.14. The van der Waals surface area contributed by atoms with Crippen molar-refractivity contribution in [3.63, 3.8) is 0 Å². The van der Waals surface area contributed by atoms with E-state index in [9.17, 15) is 0 Å². The Balaban J connectivity index is 1.54. The standard InChI is InChI=1S/C26H29N5OS/c1-15(2)24-16(3)27-26(33-5)30-25(24)31-10-11-32-23-9-7-18(12-20(23)14-31)19-6-8-21-22(13-19)29-17(4)28-21/h6-9,12-13,15H,10-11,14H2,1-5H3,(H,28,29). The van der Waals surface area contributed by atoms with Crippen molar-refractivity contribution in [2.45, 2.75) is 45.3 Å². The van der Waals surface area contributed by atoms with E-state index in [1.165, 1.54) is 11.1 Å². The zero-order valence-electron chi connectivity index (χ0n) is 19.8. The predicted octanol–water partition coefficient (Wildman–Crippen LogP) is 5.88. The molecule has 2 aromatic heterocycles. The summed E-state index contributed by atoms with van der Waals surface area (Å²) < 4.78 is 6.14. The molecule has 170 valence electrons. The Morgan fingerprint density at radius 3 is 2.61 bits per heavy atom. The minimum Gasteiger partial charge on any atom is -0.491 e. The van der Waals surface area contributed by atoms with Crippen molar-refractivity contribution in [1.29, 1.82) is 0 Å². The second-order valence-electron chi connectivity index (χ2n) is 8.83. The number of anilines is 1. The number of imidazole rings is 1. The number of hydrogen-bond donors (Lipinski definition) is 1. The van der Waals surface area contributed by atoms with Gasteiger partial charge in [-0.1, -0.05) is 37.7 Å². The van der Waals surface area contributed by atoms with Crippen LogP contribution >= 0.6 is 11.8 Å². The van der Waals surface area contributed by atoms with E-state index in [0.717, 1.165) is 63.5 Å². The van der Waals surface area contributed by atoms with Gasteiger partial charge in [0.1, 0.15) is 24.0 Å². The van der Waals surface area contributed by atoms with E-state index >= 15 is 0 Å². The highest BCUT2D eigenvalue weighted by molar-refractivity contribution is 7.98. The third-order valence-electron chi connectivity index (χ3n) is 6.13. The molecule has 4 aromatic rings. The van der Waals surface area contributed by atoms with Crippen molar-refractivity contribution in [1.82, 2.24) is 19.9 Å². The van der Waals surface area contributed by atoms with Crippen LogP contribution in [-0.4, -0.2) is 39.3 Å². The Morgan fingerprint density at radius 2 is 1.82 bits per heavy atom. The van der Waals surface area contributed by atoms with Crippen molar-refractivity contribution in [3.8, 4) is 16.9 Å². The first-order chi connectivity index (χ1) is 15.9. The van der Waals surface area contributed by atoms with Crippen molar-refractivity contribution in [2.75, 3.05) is 24.3 Å². The van der Waals surface area contributed by atoms with Gasteiger partial charge in [-0.25, -0.2) is 15.0 Å². The lowest BCUT2D eigenvalue weighted by Crippen LogP contribution is -2.28. The lowest BCUT2D eigenvalue weighted by molar-refractivity contribution is 0.331. The lowest BCUT2D eigenvalue weighted by atomic mass is 10.0. The number of H-pyrrole nitrogens is 1. The van der Waals surface area contributed by atoms with Gasteiger partial charge >= 0.3 is 0 Å². The smallest absolute Gasteiger partial charge is 0.189 e. The highest BCUT2D eigenvalue weighted by Crippen LogP contribution is 2.35. The van der Waals surface area contributed by atoms with Gasteiger partial charge < -0.3 is 14.6 Å². The molecule has 2 aromatic carbocycles. The molecule has 7 heteroatoms. The Morgan fingerprint density at radius 1 is 1.03 bits per heavy atom. The first-order valence-corrected chi connectivity index (χ1v) is 12.6. The Hall–Kier alpha value is -3.06. The number of benzene rings is 2. The summed E-state index contributed by atoms with van der Waals surface area (Å²) in [5.74, 6) is 3.24. The Kier molecular flexibility index (Phi) is 5.74. The molecule has 1 N–H and O–H groups in total. The summed E-state index contributed by atoms with van der Waals surface area (Å²) in [5.41, 5.74) is 7.80. The van der Waals surface area contributed by atoms with Crippen LogP contribution in [0.15, 0.2) is 41.6 Å². The van der Waals surface area contributed by atoms with E-state index in [-0.39, 0.29) is 0 Å². The van der Waals surface area contributed by atoms with E-state index in [0.29, 0.717) is 12.5 Å². The molecule has 1 aliphatic heterocycles. The van der Waals surface area contributed by atoms with E-state index in [2.05, 4.69) is 72.0 Å². The molecular formula is C26H29N5OS. The van der Waals surface area contributed by atoms with E-state index in [4.69, 9.17) is 14.7 Å². The number of aromatic nitrogens is 4. The van der Waals surface area contributed by atoms with Gasteiger partial charge in [-0.05, 0) is 61.4 Å². The predicted molar refractivity (Wildman–Crippen MR) is 135 cm³/mol. The fraction of sp³-hybridized carbons (Fsp3) is 0.346. The SMILES string of the molecule is CSc1nc(C)c(C(C)C)c(N2CCOc3ccc(-c4ccc5[nH]c(C)nc5c4)cc3C2)n1. The number of aromatic amines is 1. The van der Waals surface area contributed by atoms with Gasteiger partial charge in [0.05, 0.1) is 17.6 Å². The second kappa shape index (κ2) is 8.71. The van der Waals surface area contributed by atoms with Crippen LogP contribution < -0.4 is 9.64 Å². The fourth-order valence-corrected chi connectivity index (χ4v) is 5.02. The van der Waals surface area contributed by atoms with Crippen LogP contribution in [0.1, 0.15) is 42.4 Å². The monoisotopic (exact) mass is 459 g/mol. The van der Waals surface area contributed by atoms with Crippen molar-refractivity contribution in [2.24, 2.45) is 0 Å². The number of fused-ring (bicyclic) bond motifs is 2. The van der Waals surface area contributed by atoms with Crippen LogP contribution in [0.25, 0.3) is 22.2 Å². The summed E-state index contributed by atoms with van der Waals surface area (Å²) in [5, 5.41) is 0.814. The summed E-state index contributed by atoms with van der Waals surface area (Å²) in [7, 11) is 0. The van der Waals surface area contributed by atoms with E-state index < -0.39 is 0 Å². The molecule has 0 atom stereocenters. The van der Waals surface area contributed by atoms with Crippen LogP contribution in [0.3, 0.4) is 0 Å². The average molecular weight is 460 g/mol. The largest absolute Gasteiger partial charge is 0.491 e. The number of nitrogens with zero attached hydrogens (tertiary/aromatic N) is 4. The number of hydrogen-bond acceptors (Lipinski definition) is 6. The maximum Gasteiger partial charge on any atom is 0.189 e. The van der Waals surface area contributed by atoms with Crippen LogP contribution in [0.4, 0.5) is 5.82 Å². The summed E-state index contributed by atoms with van der Waals surface area (Å²) in [6.45, 7) is 10.6. The Labute approximate surface area is 198 Å². The molecule has 0 spiro atoms. The van der Waals surface area contributed by atoms with Crippen molar-refractivity contribution in [3.05, 3.63) is 59.0 Å². The summed E-state index contributed by atoms with van der Waals surface area (Å²) in [6, 6.07) is 12.9. The van der Waals surface area contributed by atoms with Crippen LogP contribution in [0.2, 0.25) is 0 Å². The Bertz CT molecular complexity index is 1330. The molecule has 0 amide bonds. The van der Waals surface area contributed by atoms with E-state index in [1.807, 2.05) is 13.2 Å². The minimum absolute atomic E-state index is 0.343. The highest BCUT2D eigenvalue weighted by atomic mass is 32.2. The average Bonchev–Trinajstić information content (AvgIpc) is 3.03. The van der Waals surface area contributed by atoms with Gasteiger partial charge in [-0.2, -0.15) is 0 Å². The summed E-state index contributed by atoms with van der Waals surface area (Å²) >= 11 is 1.59. The van der Waals surface area contributed by atoms with Gasteiger partial charge in [0, 0.05) is 23.4 Å². The van der Waals surface area contributed by atoms with Gasteiger partial charge in [0.25, 0.3) is 0 Å². The minimum atomic E-state index is 0.343. The zero-order chi connectivity index (χ0) is 23.1. The molecule has 0 bridgehead atoms. The van der Waals surface area contributed by atoms with Gasteiger partial charge in [0.15, 0.2) is 5.16 Å². The molecule has 0 fully saturated rings. The number of nitrogens with one attached hydrogen (secondary N) is 1. The molecule has 1 aliphatic rings. The van der Waals surface area contributed by atoms with Crippen LogP contribution in [0.5, 0.6) is 5.75 Å². The lowest BCUT2D eigenvalue weighted by Gasteiger charge is -2.26. The first kappa shape index (κ1) is 21.8.